The number of rotatable bonds is 3. The summed E-state index contributed by atoms with van der Waals surface area (Å²) in [6.07, 6.45) is 3.94. The molecule has 2 fully saturated rings. The van der Waals surface area contributed by atoms with Crippen LogP contribution in [0.4, 0.5) is 0 Å². The summed E-state index contributed by atoms with van der Waals surface area (Å²) in [6, 6.07) is 0.0876. The second kappa shape index (κ2) is 5.73. The fraction of sp³-hybridized carbons (Fsp3) is 0.786. The molecule has 3 heterocycles. The van der Waals surface area contributed by atoms with Crippen molar-refractivity contribution in [3.63, 3.8) is 0 Å². The molecule has 2 aliphatic rings. The second-order valence-electron chi connectivity index (χ2n) is 6.09. The molecule has 3 rings (SSSR count). The average Bonchev–Trinajstić information content (AvgIpc) is 3.17. The van der Waals surface area contributed by atoms with Crippen LogP contribution in [-0.4, -0.2) is 53.3 Å². The molecule has 0 saturated carbocycles. The zero-order valence-corrected chi connectivity index (χ0v) is 12.6. The third-order valence-electron chi connectivity index (χ3n) is 4.43. The zero-order valence-electron chi connectivity index (χ0n) is 12.6. The van der Waals surface area contributed by atoms with Gasteiger partial charge < -0.3 is 19.5 Å². The number of nitrogens with zero attached hydrogens (tertiary/aromatic N) is 3. The molecular weight excluding hydrogens is 272 g/mol. The van der Waals surface area contributed by atoms with Crippen LogP contribution in [0.5, 0.6) is 0 Å². The van der Waals surface area contributed by atoms with Gasteiger partial charge >= 0.3 is 0 Å². The Balaban J connectivity index is 1.70. The van der Waals surface area contributed by atoms with Gasteiger partial charge in [-0.05, 0) is 39.2 Å². The van der Waals surface area contributed by atoms with E-state index in [1.165, 1.54) is 0 Å². The Kier molecular flexibility index (Phi) is 3.95. The Morgan fingerprint density at radius 1 is 1.52 bits per heavy atom. The standard InChI is InChI=1S/C14H22N4O3/c1-14(20-2)6-4-8-18(9-14)13(19)11-16-12(21-17-11)10-5-3-7-15-10/h10,15H,3-9H2,1-2H3. The summed E-state index contributed by atoms with van der Waals surface area (Å²) >= 11 is 0. The third kappa shape index (κ3) is 2.94. The number of ether oxygens (including phenoxy) is 1. The van der Waals surface area contributed by atoms with Crippen molar-refractivity contribution in [2.24, 2.45) is 0 Å². The fourth-order valence-corrected chi connectivity index (χ4v) is 3.05. The Morgan fingerprint density at radius 2 is 2.38 bits per heavy atom. The van der Waals surface area contributed by atoms with E-state index >= 15 is 0 Å². The molecule has 2 atom stereocenters. The quantitative estimate of drug-likeness (QED) is 0.900. The van der Waals surface area contributed by atoms with Crippen molar-refractivity contribution in [3.8, 4) is 0 Å². The minimum absolute atomic E-state index is 0.0876. The number of carbonyl (C=O) groups is 1. The van der Waals surface area contributed by atoms with Crippen LogP contribution in [0.25, 0.3) is 0 Å². The normalized spacial score (nSPS) is 29.8. The van der Waals surface area contributed by atoms with Gasteiger partial charge in [0, 0.05) is 20.2 Å². The predicted octanol–water partition coefficient (Wildman–Crippen LogP) is 1.14. The number of hydrogen-bond acceptors (Lipinski definition) is 6. The first-order valence-electron chi connectivity index (χ1n) is 7.53. The summed E-state index contributed by atoms with van der Waals surface area (Å²) in [5.41, 5.74) is -0.284. The molecule has 21 heavy (non-hydrogen) atoms. The van der Waals surface area contributed by atoms with Crippen LogP contribution in [-0.2, 0) is 4.74 Å². The number of hydrogen-bond donors (Lipinski definition) is 1. The molecule has 1 aromatic heterocycles. The number of amides is 1. The predicted molar refractivity (Wildman–Crippen MR) is 74.8 cm³/mol. The van der Waals surface area contributed by atoms with Crippen molar-refractivity contribution >= 4 is 5.91 Å². The number of aromatic nitrogens is 2. The minimum Gasteiger partial charge on any atom is -0.377 e. The lowest BCUT2D eigenvalue weighted by Gasteiger charge is -2.38. The average molecular weight is 294 g/mol. The van der Waals surface area contributed by atoms with Gasteiger partial charge in [0.25, 0.3) is 11.7 Å². The van der Waals surface area contributed by atoms with Crippen LogP contribution in [0, 0.1) is 0 Å². The van der Waals surface area contributed by atoms with E-state index < -0.39 is 0 Å². The van der Waals surface area contributed by atoms with E-state index in [0.717, 1.165) is 32.2 Å². The van der Waals surface area contributed by atoms with Gasteiger partial charge in [0.2, 0.25) is 5.89 Å². The topological polar surface area (TPSA) is 80.5 Å². The van der Waals surface area contributed by atoms with Crippen molar-refractivity contribution in [2.75, 3.05) is 26.7 Å². The largest absolute Gasteiger partial charge is 0.377 e. The van der Waals surface area contributed by atoms with E-state index in [2.05, 4.69) is 15.5 Å². The summed E-state index contributed by atoms with van der Waals surface area (Å²) in [5, 5.41) is 7.14. The molecule has 116 valence electrons. The Bertz CT molecular complexity index is 512. The number of nitrogens with one attached hydrogen (secondary N) is 1. The molecule has 0 aromatic carbocycles. The maximum absolute atomic E-state index is 12.5. The Hall–Kier alpha value is -1.47. The van der Waals surface area contributed by atoms with Gasteiger partial charge in [0.15, 0.2) is 0 Å². The first-order chi connectivity index (χ1) is 10.1. The summed E-state index contributed by atoms with van der Waals surface area (Å²) in [4.78, 5) is 18.5. The summed E-state index contributed by atoms with van der Waals surface area (Å²) in [7, 11) is 1.69. The third-order valence-corrected chi connectivity index (χ3v) is 4.43. The van der Waals surface area contributed by atoms with Gasteiger partial charge in [-0.15, -0.1) is 0 Å². The van der Waals surface area contributed by atoms with Crippen molar-refractivity contribution in [2.45, 2.75) is 44.2 Å². The summed E-state index contributed by atoms with van der Waals surface area (Å²) in [5.74, 6) is 0.493. The van der Waals surface area contributed by atoms with E-state index in [1.807, 2.05) is 6.92 Å². The van der Waals surface area contributed by atoms with Crippen LogP contribution in [0.15, 0.2) is 4.52 Å². The number of carbonyl (C=O) groups excluding carboxylic acids is 1. The molecule has 0 radical (unpaired) electrons. The van der Waals surface area contributed by atoms with E-state index in [-0.39, 0.29) is 23.4 Å². The number of methoxy groups -OCH3 is 1. The molecule has 7 heteroatoms. The first-order valence-corrected chi connectivity index (χ1v) is 7.53. The lowest BCUT2D eigenvalue weighted by atomic mass is 9.95. The van der Waals surface area contributed by atoms with Crippen molar-refractivity contribution < 1.29 is 14.1 Å². The van der Waals surface area contributed by atoms with Crippen LogP contribution in [0.1, 0.15) is 55.2 Å². The molecule has 2 unspecified atom stereocenters. The minimum atomic E-state index is -0.284. The highest BCUT2D eigenvalue weighted by molar-refractivity contribution is 5.90. The molecule has 1 N–H and O–H groups in total. The van der Waals surface area contributed by atoms with Gasteiger partial charge in [0.1, 0.15) is 0 Å². The van der Waals surface area contributed by atoms with E-state index in [4.69, 9.17) is 9.26 Å². The number of piperidine rings is 1. The van der Waals surface area contributed by atoms with Gasteiger partial charge in [0.05, 0.1) is 11.6 Å². The van der Waals surface area contributed by atoms with E-state index in [0.29, 0.717) is 19.0 Å². The first kappa shape index (κ1) is 14.5. The molecule has 7 nitrogen and oxygen atoms in total. The van der Waals surface area contributed by atoms with Crippen molar-refractivity contribution in [1.29, 1.82) is 0 Å². The lowest BCUT2D eigenvalue weighted by Crippen LogP contribution is -2.49. The van der Waals surface area contributed by atoms with Gasteiger partial charge in [-0.1, -0.05) is 5.16 Å². The highest BCUT2D eigenvalue weighted by Crippen LogP contribution is 2.25. The molecule has 1 amide bonds. The molecule has 0 bridgehead atoms. The van der Waals surface area contributed by atoms with Gasteiger partial charge in [-0.25, -0.2) is 0 Å². The lowest BCUT2D eigenvalue weighted by molar-refractivity contribution is -0.0443. The molecule has 1 aromatic rings. The monoisotopic (exact) mass is 294 g/mol. The molecule has 2 saturated heterocycles. The van der Waals surface area contributed by atoms with Crippen molar-refractivity contribution in [3.05, 3.63) is 11.7 Å². The van der Waals surface area contributed by atoms with Gasteiger partial charge in [-0.3, -0.25) is 4.79 Å². The van der Waals surface area contributed by atoms with Crippen LogP contribution in [0.2, 0.25) is 0 Å². The summed E-state index contributed by atoms with van der Waals surface area (Å²) < 4.78 is 10.7. The highest BCUT2D eigenvalue weighted by atomic mass is 16.5. The molecule has 0 aliphatic carbocycles. The Morgan fingerprint density at radius 3 is 3.10 bits per heavy atom. The van der Waals surface area contributed by atoms with Crippen LogP contribution >= 0.6 is 0 Å². The fourth-order valence-electron chi connectivity index (χ4n) is 3.05. The maximum atomic E-state index is 12.5. The smallest absolute Gasteiger partial charge is 0.295 e. The van der Waals surface area contributed by atoms with Crippen LogP contribution < -0.4 is 5.32 Å². The maximum Gasteiger partial charge on any atom is 0.295 e. The second-order valence-corrected chi connectivity index (χ2v) is 6.09. The zero-order chi connectivity index (χ0) is 14.9. The Labute approximate surface area is 124 Å². The molecule has 0 spiro atoms. The SMILES string of the molecule is COC1(C)CCCN(C(=O)c2noc(C3CCCN3)n2)C1. The highest BCUT2D eigenvalue weighted by Gasteiger charge is 2.35. The molecular formula is C14H22N4O3. The summed E-state index contributed by atoms with van der Waals surface area (Å²) in [6.45, 7) is 4.25. The van der Waals surface area contributed by atoms with E-state index in [9.17, 15) is 4.79 Å². The van der Waals surface area contributed by atoms with Crippen LogP contribution in [0.3, 0.4) is 0 Å². The van der Waals surface area contributed by atoms with E-state index in [1.54, 1.807) is 12.0 Å². The van der Waals surface area contributed by atoms with Gasteiger partial charge in [-0.2, -0.15) is 4.98 Å². The van der Waals surface area contributed by atoms with Crippen molar-refractivity contribution in [1.82, 2.24) is 20.4 Å². The number of likely N-dealkylation sites (tertiary alicyclic amines) is 1. The molecule has 2 aliphatic heterocycles.